The number of carbonyl (C=O) groups excluding carboxylic acids is 1. The van der Waals surface area contributed by atoms with Crippen LogP contribution in [0.3, 0.4) is 0 Å². The summed E-state index contributed by atoms with van der Waals surface area (Å²) in [6.07, 6.45) is 1.68. The first-order chi connectivity index (χ1) is 8.63. The van der Waals surface area contributed by atoms with E-state index in [1.165, 1.54) is 12.1 Å². The summed E-state index contributed by atoms with van der Waals surface area (Å²) in [6, 6.07) is 6.09. The maximum absolute atomic E-state index is 13.2. The molecule has 1 unspecified atom stereocenters. The van der Waals surface area contributed by atoms with Gasteiger partial charge in [0.1, 0.15) is 5.82 Å². The van der Waals surface area contributed by atoms with Crippen LogP contribution in [0.5, 0.6) is 0 Å². The van der Waals surface area contributed by atoms with Crippen LogP contribution in [0.4, 0.5) is 10.1 Å². The summed E-state index contributed by atoms with van der Waals surface area (Å²) >= 11 is 0. The molecule has 1 aromatic carbocycles. The van der Waals surface area contributed by atoms with Gasteiger partial charge in [-0.2, -0.15) is 0 Å². The highest BCUT2D eigenvalue weighted by atomic mass is 19.1. The first kappa shape index (κ1) is 14.6. The molecule has 0 spiro atoms. The third kappa shape index (κ3) is 3.53. The lowest BCUT2D eigenvalue weighted by atomic mass is 10.0. The molecule has 1 atom stereocenters. The summed E-state index contributed by atoms with van der Waals surface area (Å²) < 4.78 is 13.2. The number of benzene rings is 1. The van der Waals surface area contributed by atoms with Gasteiger partial charge in [0.05, 0.1) is 5.92 Å². The zero-order valence-corrected chi connectivity index (χ0v) is 11.0. The molecule has 0 heterocycles. The normalized spacial score (nSPS) is 12.2. The average molecular weight is 252 g/mol. The monoisotopic (exact) mass is 252 g/mol. The molecule has 0 aromatic heterocycles. The van der Waals surface area contributed by atoms with E-state index in [0.717, 1.165) is 12.8 Å². The first-order valence-corrected chi connectivity index (χ1v) is 6.41. The van der Waals surface area contributed by atoms with Crippen LogP contribution in [0.25, 0.3) is 0 Å². The van der Waals surface area contributed by atoms with E-state index in [4.69, 9.17) is 5.73 Å². The summed E-state index contributed by atoms with van der Waals surface area (Å²) in [5.74, 6) is -0.538. The van der Waals surface area contributed by atoms with Crippen molar-refractivity contribution in [2.45, 2.75) is 26.7 Å². The van der Waals surface area contributed by atoms with Crippen LogP contribution in [0.2, 0.25) is 0 Å². The molecule has 0 aliphatic carbocycles. The third-order valence-corrected chi connectivity index (χ3v) is 2.97. The molecule has 1 amide bonds. The second-order valence-electron chi connectivity index (χ2n) is 4.28. The molecular weight excluding hydrogens is 231 g/mol. The van der Waals surface area contributed by atoms with Crippen LogP contribution >= 0.6 is 0 Å². The van der Waals surface area contributed by atoms with Crippen molar-refractivity contribution in [3.05, 3.63) is 30.1 Å². The standard InChI is InChI=1S/C14H21FN2O/c1-3-6-11(10-16)14(18)17(4-2)13-8-5-7-12(15)9-13/h5,7-9,11H,3-4,6,10,16H2,1-2H3. The van der Waals surface area contributed by atoms with Crippen LogP contribution < -0.4 is 10.6 Å². The summed E-state index contributed by atoms with van der Waals surface area (Å²) in [4.78, 5) is 13.9. The molecule has 18 heavy (non-hydrogen) atoms. The smallest absolute Gasteiger partial charge is 0.231 e. The van der Waals surface area contributed by atoms with Crippen LogP contribution in [0.15, 0.2) is 24.3 Å². The van der Waals surface area contributed by atoms with Gasteiger partial charge in [-0.1, -0.05) is 19.4 Å². The second kappa shape index (κ2) is 7.11. The SMILES string of the molecule is CCCC(CN)C(=O)N(CC)c1cccc(F)c1. The lowest BCUT2D eigenvalue weighted by Crippen LogP contribution is -2.39. The Hall–Kier alpha value is -1.42. The summed E-state index contributed by atoms with van der Waals surface area (Å²) in [6.45, 7) is 4.75. The first-order valence-electron chi connectivity index (χ1n) is 6.41. The van der Waals surface area contributed by atoms with Crippen molar-refractivity contribution in [2.24, 2.45) is 11.7 Å². The quantitative estimate of drug-likeness (QED) is 0.845. The Balaban J connectivity index is 2.92. The molecule has 100 valence electrons. The maximum atomic E-state index is 13.2. The largest absolute Gasteiger partial charge is 0.330 e. The molecule has 0 saturated heterocycles. The molecule has 1 aromatic rings. The number of amides is 1. The molecule has 0 radical (unpaired) electrons. The van der Waals surface area contributed by atoms with Crippen molar-refractivity contribution >= 4 is 11.6 Å². The van der Waals surface area contributed by atoms with Crippen molar-refractivity contribution in [1.29, 1.82) is 0 Å². The van der Waals surface area contributed by atoms with Crippen molar-refractivity contribution < 1.29 is 9.18 Å². The van der Waals surface area contributed by atoms with Crippen LogP contribution in [0, 0.1) is 11.7 Å². The van der Waals surface area contributed by atoms with Crippen molar-refractivity contribution in [2.75, 3.05) is 18.0 Å². The predicted octanol–water partition coefficient (Wildman–Crippen LogP) is 2.55. The number of hydrogen-bond donors (Lipinski definition) is 1. The minimum absolute atomic E-state index is 0.0209. The molecule has 1 rings (SSSR count). The summed E-state index contributed by atoms with van der Waals surface area (Å²) in [5, 5.41) is 0. The predicted molar refractivity (Wildman–Crippen MR) is 71.9 cm³/mol. The van der Waals surface area contributed by atoms with Gasteiger partial charge in [-0.15, -0.1) is 0 Å². The fourth-order valence-corrected chi connectivity index (χ4v) is 2.02. The number of nitrogens with two attached hydrogens (primary N) is 1. The van der Waals surface area contributed by atoms with Crippen LogP contribution in [0.1, 0.15) is 26.7 Å². The molecule has 4 heteroatoms. The fourth-order valence-electron chi connectivity index (χ4n) is 2.02. The van der Waals surface area contributed by atoms with E-state index in [-0.39, 0.29) is 17.6 Å². The third-order valence-electron chi connectivity index (χ3n) is 2.97. The number of carbonyl (C=O) groups is 1. The van der Waals surface area contributed by atoms with E-state index in [9.17, 15) is 9.18 Å². The van der Waals surface area contributed by atoms with Gasteiger partial charge in [0.15, 0.2) is 0 Å². The molecule has 2 N–H and O–H groups in total. The number of hydrogen-bond acceptors (Lipinski definition) is 2. The molecule has 0 aliphatic heterocycles. The maximum Gasteiger partial charge on any atom is 0.231 e. The highest BCUT2D eigenvalue weighted by Crippen LogP contribution is 2.19. The summed E-state index contributed by atoms with van der Waals surface area (Å²) in [7, 11) is 0. The van der Waals surface area contributed by atoms with Crippen molar-refractivity contribution in [3.63, 3.8) is 0 Å². The number of anilines is 1. The minimum Gasteiger partial charge on any atom is -0.330 e. The van der Waals surface area contributed by atoms with Gasteiger partial charge < -0.3 is 10.6 Å². The second-order valence-corrected chi connectivity index (χ2v) is 4.28. The Morgan fingerprint density at radius 2 is 2.17 bits per heavy atom. The van der Waals surface area contributed by atoms with E-state index in [0.29, 0.717) is 18.8 Å². The van der Waals surface area contributed by atoms with E-state index < -0.39 is 0 Å². The van der Waals surface area contributed by atoms with Crippen molar-refractivity contribution in [3.8, 4) is 0 Å². The van der Waals surface area contributed by atoms with Crippen LogP contribution in [-0.4, -0.2) is 19.0 Å². The topological polar surface area (TPSA) is 46.3 Å². The highest BCUT2D eigenvalue weighted by Gasteiger charge is 2.22. The van der Waals surface area contributed by atoms with Crippen LogP contribution in [-0.2, 0) is 4.79 Å². The van der Waals surface area contributed by atoms with Gasteiger partial charge in [-0.3, -0.25) is 4.79 Å². The molecule has 3 nitrogen and oxygen atoms in total. The number of halogens is 1. The highest BCUT2D eigenvalue weighted by molar-refractivity contribution is 5.95. The lowest BCUT2D eigenvalue weighted by Gasteiger charge is -2.25. The zero-order valence-electron chi connectivity index (χ0n) is 11.0. The van der Waals surface area contributed by atoms with Gasteiger partial charge in [0.25, 0.3) is 0 Å². The van der Waals surface area contributed by atoms with E-state index >= 15 is 0 Å². The zero-order chi connectivity index (χ0) is 13.5. The molecule has 0 bridgehead atoms. The van der Waals surface area contributed by atoms with E-state index in [2.05, 4.69) is 0 Å². The Bertz CT molecular complexity index is 395. The Labute approximate surface area is 108 Å². The Morgan fingerprint density at radius 1 is 1.44 bits per heavy atom. The molecule has 0 fully saturated rings. The van der Waals surface area contributed by atoms with Gasteiger partial charge in [0.2, 0.25) is 5.91 Å². The Kier molecular flexibility index (Phi) is 5.78. The average Bonchev–Trinajstić information content (AvgIpc) is 2.36. The van der Waals surface area contributed by atoms with Gasteiger partial charge >= 0.3 is 0 Å². The number of rotatable bonds is 6. The molecular formula is C14H21FN2O. The van der Waals surface area contributed by atoms with Gasteiger partial charge in [0, 0.05) is 18.8 Å². The Morgan fingerprint density at radius 3 is 2.67 bits per heavy atom. The molecule has 0 aliphatic rings. The van der Waals surface area contributed by atoms with Gasteiger partial charge in [-0.25, -0.2) is 4.39 Å². The summed E-state index contributed by atoms with van der Waals surface area (Å²) in [5.41, 5.74) is 6.23. The van der Waals surface area contributed by atoms with E-state index in [1.54, 1.807) is 17.0 Å². The number of nitrogens with zero attached hydrogens (tertiary/aromatic N) is 1. The van der Waals surface area contributed by atoms with Crippen molar-refractivity contribution in [1.82, 2.24) is 0 Å². The minimum atomic E-state index is -0.335. The lowest BCUT2D eigenvalue weighted by molar-refractivity contribution is -0.122. The van der Waals surface area contributed by atoms with E-state index in [1.807, 2.05) is 13.8 Å². The van der Waals surface area contributed by atoms with Gasteiger partial charge in [-0.05, 0) is 31.5 Å². The fraction of sp³-hybridized carbons (Fsp3) is 0.500. The molecule has 0 saturated carbocycles.